The maximum absolute atomic E-state index is 13.8. The molecule has 13 nitrogen and oxygen atoms in total. The highest BCUT2D eigenvalue weighted by Gasteiger charge is 2.35. The van der Waals surface area contributed by atoms with E-state index in [0.29, 0.717) is 28.4 Å². The summed E-state index contributed by atoms with van der Waals surface area (Å²) in [6.07, 6.45) is -1.85. The van der Waals surface area contributed by atoms with Gasteiger partial charge < -0.3 is 11.1 Å². The van der Waals surface area contributed by atoms with Gasteiger partial charge in [0.05, 0.1) is 11.9 Å². The summed E-state index contributed by atoms with van der Waals surface area (Å²) in [6, 6.07) is 11.5. The SMILES string of the molecule is Cc1c(-c2cc(C(F)(F)F)nc3sc(C(N)=O)c(NC(=O)c4ccn(Cn5nnc(-c6ccccc6)n5)n4)c23)cnn1C. The fraction of sp³-hybridized carbons (Fsp3) is 0.154. The van der Waals surface area contributed by atoms with E-state index in [-0.39, 0.29) is 38.7 Å². The van der Waals surface area contributed by atoms with Crippen LogP contribution in [0.2, 0.25) is 0 Å². The van der Waals surface area contributed by atoms with E-state index in [4.69, 9.17) is 5.73 Å². The minimum Gasteiger partial charge on any atom is -0.365 e. The van der Waals surface area contributed by atoms with Crippen molar-refractivity contribution in [3.05, 3.63) is 76.8 Å². The van der Waals surface area contributed by atoms with Crippen molar-refractivity contribution in [1.82, 2.24) is 44.8 Å². The fourth-order valence-corrected chi connectivity index (χ4v) is 5.39. The van der Waals surface area contributed by atoms with Crippen LogP contribution in [-0.2, 0) is 19.9 Å². The monoisotopic (exact) mass is 607 g/mol. The number of hydrogen-bond acceptors (Lipinski definition) is 9. The van der Waals surface area contributed by atoms with Crippen LogP contribution in [0.4, 0.5) is 18.9 Å². The van der Waals surface area contributed by atoms with Crippen LogP contribution >= 0.6 is 11.3 Å². The highest BCUT2D eigenvalue weighted by molar-refractivity contribution is 7.21. The number of hydrogen-bond donors (Lipinski definition) is 2. The maximum Gasteiger partial charge on any atom is 0.433 e. The lowest BCUT2D eigenvalue weighted by atomic mass is 10.0. The van der Waals surface area contributed by atoms with Gasteiger partial charge in [0.1, 0.15) is 15.4 Å². The van der Waals surface area contributed by atoms with Crippen molar-refractivity contribution in [3.63, 3.8) is 0 Å². The van der Waals surface area contributed by atoms with Gasteiger partial charge in [-0.05, 0) is 29.8 Å². The molecule has 17 heteroatoms. The Hall–Kier alpha value is -5.45. The highest BCUT2D eigenvalue weighted by atomic mass is 32.1. The number of rotatable bonds is 7. The van der Waals surface area contributed by atoms with Gasteiger partial charge in [-0.3, -0.25) is 14.3 Å². The Morgan fingerprint density at radius 3 is 2.53 bits per heavy atom. The minimum absolute atomic E-state index is 0.0373. The predicted octanol–water partition coefficient (Wildman–Crippen LogP) is 3.73. The van der Waals surface area contributed by atoms with Crippen LogP contribution in [0.15, 0.2) is 54.9 Å². The molecule has 1 aromatic carbocycles. The number of primary amides is 1. The smallest absolute Gasteiger partial charge is 0.365 e. The van der Waals surface area contributed by atoms with E-state index in [1.54, 1.807) is 14.0 Å². The average molecular weight is 608 g/mol. The topological polar surface area (TPSA) is 164 Å². The molecular weight excluding hydrogens is 587 g/mol. The standard InChI is InChI=1S/C26H20F3N11O2S/c1-13-16(11-31-38(13)2)15-10-18(26(27,28)29)32-25-19(15)20(21(43-25)22(30)41)33-24(42)17-8-9-39(35-17)12-40-36-23(34-37-40)14-6-4-3-5-7-14/h3-11H,12H2,1-2H3,(H2,30,41)(H,33,42). The normalized spacial score (nSPS) is 11.7. The lowest BCUT2D eigenvalue weighted by molar-refractivity contribution is -0.140. The maximum atomic E-state index is 13.8. The van der Waals surface area contributed by atoms with Gasteiger partial charge in [-0.2, -0.15) is 23.4 Å². The van der Waals surface area contributed by atoms with Gasteiger partial charge in [0.15, 0.2) is 12.4 Å². The number of benzene rings is 1. The van der Waals surface area contributed by atoms with Crippen LogP contribution in [0.25, 0.3) is 32.7 Å². The van der Waals surface area contributed by atoms with Crippen molar-refractivity contribution >= 4 is 39.1 Å². The van der Waals surface area contributed by atoms with Crippen LogP contribution in [0, 0.1) is 6.92 Å². The van der Waals surface area contributed by atoms with Crippen molar-refractivity contribution in [2.24, 2.45) is 12.8 Å². The van der Waals surface area contributed by atoms with Gasteiger partial charge >= 0.3 is 6.18 Å². The predicted molar refractivity (Wildman–Crippen MR) is 149 cm³/mol. The summed E-state index contributed by atoms with van der Waals surface area (Å²) in [5.41, 5.74) is 6.09. The largest absolute Gasteiger partial charge is 0.433 e. The number of nitrogens with zero attached hydrogens (tertiary/aromatic N) is 9. The molecule has 0 saturated carbocycles. The Bertz CT molecular complexity index is 2010. The minimum atomic E-state index is -4.77. The van der Waals surface area contributed by atoms with Crippen LogP contribution in [0.1, 0.15) is 31.5 Å². The van der Waals surface area contributed by atoms with E-state index in [2.05, 4.69) is 35.9 Å². The number of amides is 2. The van der Waals surface area contributed by atoms with Crippen molar-refractivity contribution in [2.45, 2.75) is 19.8 Å². The number of carbonyl (C=O) groups is 2. The lowest BCUT2D eigenvalue weighted by Crippen LogP contribution is -2.18. The number of fused-ring (bicyclic) bond motifs is 1. The number of anilines is 1. The Kier molecular flexibility index (Phi) is 6.72. The number of alkyl halides is 3. The van der Waals surface area contributed by atoms with E-state index in [1.165, 1.54) is 32.6 Å². The first kappa shape index (κ1) is 27.7. The first-order chi connectivity index (χ1) is 20.5. The Morgan fingerprint density at radius 1 is 1.09 bits per heavy atom. The second-order valence-electron chi connectivity index (χ2n) is 9.36. The molecule has 0 atom stereocenters. The molecular formula is C26H20F3N11O2S. The Morgan fingerprint density at radius 2 is 1.86 bits per heavy atom. The Balaban J connectivity index is 1.35. The first-order valence-electron chi connectivity index (χ1n) is 12.5. The molecule has 0 saturated heterocycles. The molecule has 218 valence electrons. The third-order valence-electron chi connectivity index (χ3n) is 6.57. The molecule has 0 aliphatic rings. The van der Waals surface area contributed by atoms with Crippen molar-refractivity contribution < 1.29 is 22.8 Å². The van der Waals surface area contributed by atoms with Crippen LogP contribution < -0.4 is 11.1 Å². The van der Waals surface area contributed by atoms with Crippen LogP contribution in [0.3, 0.4) is 0 Å². The van der Waals surface area contributed by atoms with Gasteiger partial charge in [0.2, 0.25) is 5.82 Å². The van der Waals surface area contributed by atoms with Crippen molar-refractivity contribution in [3.8, 4) is 22.5 Å². The van der Waals surface area contributed by atoms with Crippen molar-refractivity contribution in [1.29, 1.82) is 0 Å². The summed E-state index contributed by atoms with van der Waals surface area (Å²) in [5, 5.41) is 23.5. The number of thiophene rings is 1. The fourth-order valence-electron chi connectivity index (χ4n) is 4.39. The van der Waals surface area contributed by atoms with Crippen LogP contribution in [-0.4, -0.2) is 56.6 Å². The zero-order valence-electron chi connectivity index (χ0n) is 22.4. The number of aryl methyl sites for hydroxylation is 1. The van der Waals surface area contributed by atoms with E-state index in [0.717, 1.165) is 11.6 Å². The summed E-state index contributed by atoms with van der Waals surface area (Å²) in [6.45, 7) is 1.72. The number of carbonyl (C=O) groups excluding carboxylic acids is 2. The van der Waals surface area contributed by atoms with Crippen molar-refractivity contribution in [2.75, 3.05) is 5.32 Å². The van der Waals surface area contributed by atoms with Gasteiger partial charge in [0.25, 0.3) is 11.8 Å². The average Bonchev–Trinajstić information content (AvgIpc) is 3.77. The second kappa shape index (κ2) is 10.4. The molecule has 0 spiro atoms. The van der Waals surface area contributed by atoms with Gasteiger partial charge in [-0.1, -0.05) is 30.3 Å². The molecule has 0 bridgehead atoms. The molecule has 6 aromatic rings. The van der Waals surface area contributed by atoms with Gasteiger partial charge in [-0.25, -0.2) is 9.67 Å². The molecule has 43 heavy (non-hydrogen) atoms. The molecule has 2 amide bonds. The summed E-state index contributed by atoms with van der Waals surface area (Å²) in [5.74, 6) is -1.26. The summed E-state index contributed by atoms with van der Waals surface area (Å²) in [7, 11) is 1.64. The van der Waals surface area contributed by atoms with E-state index in [9.17, 15) is 22.8 Å². The Labute approximate surface area is 243 Å². The quantitative estimate of drug-likeness (QED) is 0.277. The zero-order chi connectivity index (χ0) is 30.5. The highest BCUT2D eigenvalue weighted by Crippen LogP contribution is 2.44. The molecule has 0 radical (unpaired) electrons. The molecule has 0 aliphatic carbocycles. The summed E-state index contributed by atoms with van der Waals surface area (Å²) in [4.78, 5) is 30.5. The molecule has 5 heterocycles. The number of halogens is 3. The number of nitrogens with one attached hydrogen (secondary N) is 1. The van der Waals surface area contributed by atoms with E-state index < -0.39 is 23.7 Å². The molecule has 0 unspecified atom stereocenters. The third-order valence-corrected chi connectivity index (χ3v) is 7.67. The number of pyridine rings is 1. The second-order valence-corrected chi connectivity index (χ2v) is 10.4. The third kappa shape index (κ3) is 5.21. The van der Waals surface area contributed by atoms with Gasteiger partial charge in [-0.15, -0.1) is 26.3 Å². The zero-order valence-corrected chi connectivity index (χ0v) is 23.2. The van der Waals surface area contributed by atoms with E-state index in [1.807, 2.05) is 30.3 Å². The van der Waals surface area contributed by atoms with Crippen LogP contribution in [0.5, 0.6) is 0 Å². The number of nitrogens with two attached hydrogens (primary N) is 1. The lowest BCUT2D eigenvalue weighted by Gasteiger charge is -2.12. The number of tetrazole rings is 1. The number of aromatic nitrogens is 9. The molecule has 0 aliphatic heterocycles. The molecule has 6 rings (SSSR count). The molecule has 3 N–H and O–H groups in total. The molecule has 5 aromatic heterocycles. The summed E-state index contributed by atoms with van der Waals surface area (Å²) >= 11 is 0.648. The molecule has 0 fully saturated rings. The van der Waals surface area contributed by atoms with E-state index >= 15 is 0 Å². The summed E-state index contributed by atoms with van der Waals surface area (Å²) < 4.78 is 44.3. The first-order valence-corrected chi connectivity index (χ1v) is 13.3. The van der Waals surface area contributed by atoms with Gasteiger partial charge in [0, 0.05) is 35.5 Å².